The van der Waals surface area contributed by atoms with Gasteiger partial charge in [0.1, 0.15) is 12.6 Å². The van der Waals surface area contributed by atoms with E-state index in [1.54, 1.807) is 0 Å². The van der Waals surface area contributed by atoms with Gasteiger partial charge in [0.25, 0.3) is 0 Å². The number of carbonyl (C=O) groups is 1. The number of benzene rings is 1. The lowest BCUT2D eigenvalue weighted by Crippen LogP contribution is -2.33. The molecule has 4 heteroatoms. The maximum Gasteiger partial charge on any atom is 0.243 e. The smallest absolute Gasteiger partial charge is 0.243 e. The van der Waals surface area contributed by atoms with Crippen molar-refractivity contribution in [3.63, 3.8) is 0 Å². The lowest BCUT2D eigenvalue weighted by molar-refractivity contribution is -0.117. The molecule has 0 aliphatic carbocycles. The van der Waals surface area contributed by atoms with E-state index in [1.165, 1.54) is 12.0 Å². The maximum absolute atomic E-state index is 11.4. The lowest BCUT2D eigenvalue weighted by atomic mass is 10.3. The summed E-state index contributed by atoms with van der Waals surface area (Å²) < 4.78 is 4.93. The Kier molecular flexibility index (Phi) is 4.43. The molecule has 0 spiro atoms. The van der Waals surface area contributed by atoms with Gasteiger partial charge in [-0.25, -0.2) is 0 Å². The molecule has 1 amide bonds. The van der Waals surface area contributed by atoms with Crippen LogP contribution in [0.4, 0.5) is 5.69 Å². The molecule has 0 N–H and O–H groups in total. The normalized spacial score (nSPS) is 9.86. The summed E-state index contributed by atoms with van der Waals surface area (Å²) in [5.41, 5.74) is 0.792. The van der Waals surface area contributed by atoms with E-state index < -0.39 is 0 Å². The van der Waals surface area contributed by atoms with E-state index in [0.717, 1.165) is 5.69 Å². The fourth-order valence-electron chi connectivity index (χ4n) is 1.10. The van der Waals surface area contributed by atoms with Crippen LogP contribution in [0.2, 0.25) is 0 Å². The fraction of sp³-hybridized carbons (Fsp3) is 0.300. The Morgan fingerprint density at radius 3 is 2.57 bits per heavy atom. The summed E-state index contributed by atoms with van der Waals surface area (Å²) in [6.45, 7) is 0.218. The second-order valence-electron chi connectivity index (χ2n) is 2.71. The third-order valence-electron chi connectivity index (χ3n) is 1.74. The van der Waals surface area contributed by atoms with Gasteiger partial charge in [-0.2, -0.15) is 0 Å². The number of halogens is 1. The molecule has 76 valence electrons. The van der Waals surface area contributed by atoms with Gasteiger partial charge >= 0.3 is 0 Å². The van der Waals surface area contributed by atoms with Gasteiger partial charge in [0.2, 0.25) is 5.91 Å². The Labute approximate surface area is 88.2 Å². The minimum atomic E-state index is -0.167. The minimum absolute atomic E-state index is 0.0434. The Morgan fingerprint density at radius 1 is 1.43 bits per heavy atom. The second kappa shape index (κ2) is 5.62. The van der Waals surface area contributed by atoms with Gasteiger partial charge in [0, 0.05) is 12.8 Å². The molecule has 0 heterocycles. The van der Waals surface area contributed by atoms with Crippen molar-refractivity contribution in [1.82, 2.24) is 0 Å². The van der Waals surface area contributed by atoms with Crippen LogP contribution in [0, 0.1) is 0 Å². The number of methoxy groups -OCH3 is 1. The van der Waals surface area contributed by atoms with Crippen molar-refractivity contribution in [3.8, 4) is 0 Å². The van der Waals surface area contributed by atoms with Crippen molar-refractivity contribution in [2.45, 2.75) is 0 Å². The average Bonchev–Trinajstić information content (AvgIpc) is 2.26. The fourth-order valence-corrected chi connectivity index (χ4v) is 1.24. The lowest BCUT2D eigenvalue weighted by Gasteiger charge is -2.20. The summed E-state index contributed by atoms with van der Waals surface area (Å²) in [7, 11) is 1.54. The maximum atomic E-state index is 11.4. The van der Waals surface area contributed by atoms with Crippen molar-refractivity contribution in [2.75, 3.05) is 24.6 Å². The predicted molar refractivity (Wildman–Crippen MR) is 56.5 cm³/mol. The van der Waals surface area contributed by atoms with Gasteiger partial charge in [0.05, 0.1) is 0 Å². The molecule has 0 atom stereocenters. The Hall–Kier alpha value is -1.06. The Morgan fingerprint density at radius 2 is 2.07 bits per heavy atom. The monoisotopic (exact) mass is 213 g/mol. The first kappa shape index (κ1) is 11.0. The van der Waals surface area contributed by atoms with E-state index in [9.17, 15) is 4.79 Å². The number of ether oxygens (including phenoxy) is 1. The van der Waals surface area contributed by atoms with Crippen LogP contribution in [0.15, 0.2) is 30.3 Å². The van der Waals surface area contributed by atoms with Crippen molar-refractivity contribution < 1.29 is 9.53 Å². The van der Waals surface area contributed by atoms with Gasteiger partial charge in [-0.1, -0.05) is 18.2 Å². The molecule has 0 fully saturated rings. The van der Waals surface area contributed by atoms with Crippen LogP contribution in [0.3, 0.4) is 0 Å². The van der Waals surface area contributed by atoms with Gasteiger partial charge in [0.15, 0.2) is 0 Å². The van der Waals surface area contributed by atoms with Gasteiger partial charge < -0.3 is 4.74 Å². The van der Waals surface area contributed by atoms with Crippen molar-refractivity contribution >= 4 is 23.2 Å². The minimum Gasteiger partial charge on any atom is -0.364 e. The van der Waals surface area contributed by atoms with Gasteiger partial charge in [-0.3, -0.25) is 9.69 Å². The quantitative estimate of drug-likeness (QED) is 0.565. The van der Waals surface area contributed by atoms with E-state index in [4.69, 9.17) is 16.3 Å². The van der Waals surface area contributed by atoms with E-state index in [0.29, 0.717) is 0 Å². The molecule has 3 nitrogen and oxygen atoms in total. The number of amides is 1. The molecule has 0 unspecified atom stereocenters. The van der Waals surface area contributed by atoms with Crippen LogP contribution >= 0.6 is 11.6 Å². The molecule has 14 heavy (non-hydrogen) atoms. The van der Waals surface area contributed by atoms with Crippen LogP contribution < -0.4 is 4.90 Å². The highest BCUT2D eigenvalue weighted by atomic mass is 35.5. The van der Waals surface area contributed by atoms with Crippen LogP contribution in [0.5, 0.6) is 0 Å². The van der Waals surface area contributed by atoms with E-state index in [2.05, 4.69) is 0 Å². The molecule has 0 saturated carbocycles. The zero-order valence-electron chi connectivity index (χ0n) is 7.94. The Bertz CT molecular complexity index is 289. The molecule has 0 saturated heterocycles. The Balaban J connectivity index is 2.83. The molecular weight excluding hydrogens is 202 g/mol. The summed E-state index contributed by atoms with van der Waals surface area (Å²) >= 11 is 5.49. The third-order valence-corrected chi connectivity index (χ3v) is 1.97. The topological polar surface area (TPSA) is 29.5 Å². The first-order valence-corrected chi connectivity index (χ1v) is 4.73. The molecule has 0 aliphatic heterocycles. The van der Waals surface area contributed by atoms with Crippen LogP contribution in [-0.2, 0) is 9.53 Å². The molecule has 0 aromatic heterocycles. The number of rotatable bonds is 4. The van der Waals surface area contributed by atoms with Crippen molar-refractivity contribution in [2.24, 2.45) is 0 Å². The molecule has 1 rings (SSSR count). The van der Waals surface area contributed by atoms with Gasteiger partial charge in [-0.15, -0.1) is 11.6 Å². The largest absolute Gasteiger partial charge is 0.364 e. The molecule has 1 aromatic carbocycles. The number of carbonyl (C=O) groups excluding carboxylic acids is 1. The van der Waals surface area contributed by atoms with E-state index >= 15 is 0 Å². The number of alkyl halides is 1. The number of anilines is 1. The second-order valence-corrected chi connectivity index (χ2v) is 2.98. The number of nitrogens with zero attached hydrogens (tertiary/aromatic N) is 1. The summed E-state index contributed by atoms with van der Waals surface area (Å²) in [6.07, 6.45) is 0. The number of hydrogen-bond donors (Lipinski definition) is 0. The molecule has 0 radical (unpaired) electrons. The van der Waals surface area contributed by atoms with Gasteiger partial charge in [-0.05, 0) is 12.1 Å². The SMILES string of the molecule is COCN(C(=O)CCl)c1ccccc1. The van der Waals surface area contributed by atoms with E-state index in [1.807, 2.05) is 30.3 Å². The third kappa shape index (κ3) is 2.72. The summed E-state index contributed by atoms with van der Waals surface area (Å²) in [6, 6.07) is 9.28. The highest BCUT2D eigenvalue weighted by Gasteiger charge is 2.13. The zero-order chi connectivity index (χ0) is 10.4. The van der Waals surface area contributed by atoms with Crippen LogP contribution in [-0.4, -0.2) is 25.6 Å². The first-order chi connectivity index (χ1) is 6.79. The average molecular weight is 214 g/mol. The van der Waals surface area contributed by atoms with E-state index in [-0.39, 0.29) is 18.5 Å². The molecule has 1 aromatic rings. The zero-order valence-corrected chi connectivity index (χ0v) is 8.70. The molecular formula is C10H12ClNO2. The van der Waals surface area contributed by atoms with Crippen molar-refractivity contribution in [3.05, 3.63) is 30.3 Å². The molecule has 0 aliphatic rings. The summed E-state index contributed by atoms with van der Waals surface area (Å²) in [5.74, 6) is -0.210. The number of hydrogen-bond acceptors (Lipinski definition) is 2. The molecule has 0 bridgehead atoms. The summed E-state index contributed by atoms with van der Waals surface area (Å²) in [4.78, 5) is 12.9. The summed E-state index contributed by atoms with van der Waals surface area (Å²) in [5, 5.41) is 0. The van der Waals surface area contributed by atoms with Crippen LogP contribution in [0.1, 0.15) is 0 Å². The number of para-hydroxylation sites is 1. The standard InChI is InChI=1S/C10H12ClNO2/c1-14-8-12(10(13)7-11)9-5-3-2-4-6-9/h2-6H,7-8H2,1H3. The predicted octanol–water partition coefficient (Wildman–Crippen LogP) is 1.86. The first-order valence-electron chi connectivity index (χ1n) is 4.20. The van der Waals surface area contributed by atoms with Crippen LogP contribution in [0.25, 0.3) is 0 Å². The highest BCUT2D eigenvalue weighted by Crippen LogP contribution is 2.13. The highest BCUT2D eigenvalue weighted by molar-refractivity contribution is 6.29. The van der Waals surface area contributed by atoms with Crippen molar-refractivity contribution in [1.29, 1.82) is 0 Å².